The highest BCUT2D eigenvalue weighted by molar-refractivity contribution is 7.09. The predicted octanol–water partition coefficient (Wildman–Crippen LogP) is 3.28. The first kappa shape index (κ1) is 12.3. The number of aliphatic hydroxyl groups excluding tert-OH is 1. The normalized spacial score (nSPS) is 12.7. The number of pyridine rings is 1. The van der Waals surface area contributed by atoms with Crippen molar-refractivity contribution in [1.82, 2.24) is 9.97 Å². The van der Waals surface area contributed by atoms with Crippen molar-refractivity contribution < 1.29 is 5.11 Å². The maximum absolute atomic E-state index is 10.4. The van der Waals surface area contributed by atoms with Gasteiger partial charge in [-0.05, 0) is 12.3 Å². The number of fused-ring (bicyclic) bond motifs is 1. The molecule has 0 saturated heterocycles. The molecule has 0 bridgehead atoms. The van der Waals surface area contributed by atoms with Gasteiger partial charge in [-0.2, -0.15) is 0 Å². The molecule has 0 aliphatic rings. The number of aromatic nitrogens is 2. The lowest BCUT2D eigenvalue weighted by Crippen LogP contribution is -2.03. The average Bonchev–Trinajstić information content (AvgIpc) is 2.83. The molecule has 1 unspecified atom stereocenters. The zero-order chi connectivity index (χ0) is 13.2. The lowest BCUT2D eigenvalue weighted by Gasteiger charge is -2.11. The standard InChI is InChI=1S/C15H14N2OS/c1-10-9-19-15(17-10)6-14(18)13-8-16-7-11-4-2-3-5-12(11)13/h2-5,7-9,14,18H,6H2,1H3. The molecule has 0 aliphatic carbocycles. The first-order chi connectivity index (χ1) is 9.24. The van der Waals surface area contributed by atoms with E-state index in [0.717, 1.165) is 27.0 Å². The van der Waals surface area contributed by atoms with E-state index in [1.807, 2.05) is 42.8 Å². The van der Waals surface area contributed by atoms with Gasteiger partial charge in [0.15, 0.2) is 0 Å². The minimum absolute atomic E-state index is 0.536. The van der Waals surface area contributed by atoms with Crippen molar-refractivity contribution in [3.8, 4) is 0 Å². The Bertz CT molecular complexity index is 703. The summed E-state index contributed by atoms with van der Waals surface area (Å²) in [5, 5.41) is 15.5. The van der Waals surface area contributed by atoms with Crippen LogP contribution in [0, 0.1) is 6.92 Å². The Hall–Kier alpha value is -1.78. The lowest BCUT2D eigenvalue weighted by atomic mass is 10.0. The van der Waals surface area contributed by atoms with Crippen LogP contribution in [0.5, 0.6) is 0 Å². The predicted molar refractivity (Wildman–Crippen MR) is 77.3 cm³/mol. The number of aliphatic hydroxyl groups is 1. The Balaban J connectivity index is 1.95. The molecule has 0 amide bonds. The van der Waals surface area contributed by atoms with Crippen molar-refractivity contribution in [2.24, 2.45) is 0 Å². The fourth-order valence-electron chi connectivity index (χ4n) is 2.18. The monoisotopic (exact) mass is 270 g/mol. The smallest absolute Gasteiger partial charge is 0.0957 e. The number of thiazole rings is 1. The Labute approximate surface area is 115 Å². The zero-order valence-electron chi connectivity index (χ0n) is 10.6. The molecule has 3 rings (SSSR count). The molecule has 0 radical (unpaired) electrons. The van der Waals surface area contributed by atoms with E-state index in [1.165, 1.54) is 0 Å². The van der Waals surface area contributed by atoms with Gasteiger partial charge in [0.25, 0.3) is 0 Å². The van der Waals surface area contributed by atoms with Gasteiger partial charge in [0, 0.05) is 40.8 Å². The van der Waals surface area contributed by atoms with E-state index < -0.39 is 6.10 Å². The molecule has 2 heterocycles. The van der Waals surface area contributed by atoms with Crippen molar-refractivity contribution in [2.75, 3.05) is 0 Å². The van der Waals surface area contributed by atoms with Crippen LogP contribution in [0.1, 0.15) is 22.4 Å². The summed E-state index contributed by atoms with van der Waals surface area (Å²) >= 11 is 1.59. The second-order valence-corrected chi connectivity index (χ2v) is 5.50. The molecule has 1 atom stereocenters. The molecule has 2 aromatic heterocycles. The van der Waals surface area contributed by atoms with Gasteiger partial charge >= 0.3 is 0 Å². The molecule has 0 spiro atoms. The quantitative estimate of drug-likeness (QED) is 0.794. The minimum atomic E-state index is -0.566. The highest BCUT2D eigenvalue weighted by Gasteiger charge is 2.14. The molecular formula is C15H14N2OS. The molecule has 3 aromatic rings. The van der Waals surface area contributed by atoms with Crippen LogP contribution in [0.2, 0.25) is 0 Å². The van der Waals surface area contributed by atoms with Crippen molar-refractivity contribution in [3.05, 3.63) is 58.3 Å². The maximum Gasteiger partial charge on any atom is 0.0957 e. The maximum atomic E-state index is 10.4. The summed E-state index contributed by atoms with van der Waals surface area (Å²) in [5.74, 6) is 0. The summed E-state index contributed by atoms with van der Waals surface area (Å²) in [6, 6.07) is 7.98. The van der Waals surface area contributed by atoms with E-state index in [1.54, 1.807) is 17.5 Å². The number of aryl methyl sites for hydroxylation is 1. The third kappa shape index (κ3) is 2.50. The molecule has 1 aromatic carbocycles. The third-order valence-electron chi connectivity index (χ3n) is 3.09. The summed E-state index contributed by atoms with van der Waals surface area (Å²) in [7, 11) is 0. The molecule has 1 N–H and O–H groups in total. The van der Waals surface area contributed by atoms with E-state index in [2.05, 4.69) is 9.97 Å². The lowest BCUT2D eigenvalue weighted by molar-refractivity contribution is 0.179. The van der Waals surface area contributed by atoms with Gasteiger partial charge in [0.1, 0.15) is 0 Å². The van der Waals surface area contributed by atoms with Crippen LogP contribution in [0.4, 0.5) is 0 Å². The minimum Gasteiger partial charge on any atom is -0.388 e. The van der Waals surface area contributed by atoms with Crippen LogP contribution >= 0.6 is 11.3 Å². The van der Waals surface area contributed by atoms with Gasteiger partial charge in [-0.15, -0.1) is 11.3 Å². The third-order valence-corrected chi connectivity index (χ3v) is 4.08. The largest absolute Gasteiger partial charge is 0.388 e. The van der Waals surface area contributed by atoms with E-state index in [4.69, 9.17) is 0 Å². The Kier molecular flexibility index (Phi) is 3.27. The second-order valence-electron chi connectivity index (χ2n) is 4.55. The summed E-state index contributed by atoms with van der Waals surface area (Å²) in [5.41, 5.74) is 1.87. The summed E-state index contributed by atoms with van der Waals surface area (Å²) < 4.78 is 0. The number of nitrogens with zero attached hydrogens (tertiary/aromatic N) is 2. The second kappa shape index (κ2) is 5.07. The van der Waals surface area contributed by atoms with Crippen molar-refractivity contribution >= 4 is 22.1 Å². The topological polar surface area (TPSA) is 46.0 Å². The van der Waals surface area contributed by atoms with E-state index >= 15 is 0 Å². The summed E-state index contributed by atoms with van der Waals surface area (Å²) in [6.45, 7) is 1.96. The summed E-state index contributed by atoms with van der Waals surface area (Å²) in [4.78, 5) is 8.60. The molecule has 3 nitrogen and oxygen atoms in total. The van der Waals surface area contributed by atoms with Gasteiger partial charge in [0.2, 0.25) is 0 Å². The molecule has 4 heteroatoms. The van der Waals surface area contributed by atoms with Crippen LogP contribution in [0.3, 0.4) is 0 Å². The van der Waals surface area contributed by atoms with Crippen LogP contribution in [0.15, 0.2) is 42.0 Å². The Morgan fingerprint density at radius 1 is 1.26 bits per heavy atom. The number of hydrogen-bond acceptors (Lipinski definition) is 4. The van der Waals surface area contributed by atoms with E-state index in [-0.39, 0.29) is 0 Å². The highest BCUT2D eigenvalue weighted by atomic mass is 32.1. The SMILES string of the molecule is Cc1csc(CC(O)c2cncc3ccccc23)n1. The van der Waals surface area contributed by atoms with Crippen LogP contribution in [-0.4, -0.2) is 15.1 Å². The van der Waals surface area contributed by atoms with E-state index in [0.29, 0.717) is 6.42 Å². The fourth-order valence-corrected chi connectivity index (χ4v) is 2.99. The molecular weight excluding hydrogens is 256 g/mol. The van der Waals surface area contributed by atoms with Gasteiger partial charge in [0.05, 0.1) is 11.1 Å². The molecule has 0 saturated carbocycles. The van der Waals surface area contributed by atoms with Gasteiger partial charge in [-0.1, -0.05) is 24.3 Å². The molecule has 19 heavy (non-hydrogen) atoms. The number of benzene rings is 1. The van der Waals surface area contributed by atoms with Crippen LogP contribution < -0.4 is 0 Å². The Morgan fingerprint density at radius 3 is 2.89 bits per heavy atom. The van der Waals surface area contributed by atoms with Crippen molar-refractivity contribution in [1.29, 1.82) is 0 Å². The van der Waals surface area contributed by atoms with Gasteiger partial charge in [-0.3, -0.25) is 4.98 Å². The van der Waals surface area contributed by atoms with Crippen LogP contribution in [0.25, 0.3) is 10.8 Å². The molecule has 0 aliphatic heterocycles. The summed E-state index contributed by atoms with van der Waals surface area (Å²) in [6.07, 6.45) is 3.53. The van der Waals surface area contributed by atoms with Gasteiger partial charge < -0.3 is 5.11 Å². The number of hydrogen-bond donors (Lipinski definition) is 1. The highest BCUT2D eigenvalue weighted by Crippen LogP contribution is 2.26. The fraction of sp³-hybridized carbons (Fsp3) is 0.200. The first-order valence-corrected chi connectivity index (χ1v) is 7.04. The first-order valence-electron chi connectivity index (χ1n) is 6.16. The van der Waals surface area contributed by atoms with Crippen LogP contribution in [-0.2, 0) is 6.42 Å². The molecule has 96 valence electrons. The average molecular weight is 270 g/mol. The molecule has 0 fully saturated rings. The van der Waals surface area contributed by atoms with Gasteiger partial charge in [-0.25, -0.2) is 4.98 Å². The van der Waals surface area contributed by atoms with E-state index in [9.17, 15) is 5.11 Å². The Morgan fingerprint density at radius 2 is 2.11 bits per heavy atom. The van der Waals surface area contributed by atoms with Crippen molar-refractivity contribution in [3.63, 3.8) is 0 Å². The van der Waals surface area contributed by atoms with Crippen molar-refractivity contribution in [2.45, 2.75) is 19.4 Å². The number of rotatable bonds is 3. The zero-order valence-corrected chi connectivity index (χ0v) is 11.4.